The van der Waals surface area contributed by atoms with Crippen molar-refractivity contribution in [3.8, 4) is 5.75 Å². The molecule has 1 saturated carbocycles. The maximum absolute atomic E-state index is 14.7. The fourth-order valence-corrected chi connectivity index (χ4v) is 9.66. The van der Waals surface area contributed by atoms with Crippen LogP contribution in [-0.2, 0) is 37.4 Å². The highest BCUT2D eigenvalue weighted by Crippen LogP contribution is 2.44. The number of nitrogens with two attached hydrogens (primary N) is 1. The van der Waals surface area contributed by atoms with E-state index in [-0.39, 0.29) is 55.2 Å². The summed E-state index contributed by atoms with van der Waals surface area (Å²) in [5.41, 5.74) is 8.25. The summed E-state index contributed by atoms with van der Waals surface area (Å²) in [6, 6.07) is 19.8. The molecule has 1 spiro atoms. The highest BCUT2D eigenvalue weighted by atomic mass is 32.2. The molecule has 5 N–H and O–H groups in total. The van der Waals surface area contributed by atoms with Gasteiger partial charge in [-0.3, -0.25) is 14.5 Å². The second-order valence-corrected chi connectivity index (χ2v) is 18.9. The van der Waals surface area contributed by atoms with Crippen molar-refractivity contribution in [1.82, 2.24) is 30.1 Å². The van der Waals surface area contributed by atoms with Crippen molar-refractivity contribution in [1.29, 1.82) is 0 Å². The molecule has 0 radical (unpaired) electrons. The summed E-state index contributed by atoms with van der Waals surface area (Å²) in [6.07, 6.45) is 6.65. The molecule has 1 unspecified atom stereocenters. The van der Waals surface area contributed by atoms with Gasteiger partial charge in [0.1, 0.15) is 18.0 Å². The van der Waals surface area contributed by atoms with Gasteiger partial charge in [0, 0.05) is 50.8 Å². The number of methoxy groups -OCH3 is 1. The van der Waals surface area contributed by atoms with Crippen LogP contribution in [-0.4, -0.2) is 112 Å². The van der Waals surface area contributed by atoms with E-state index in [1.807, 2.05) is 23.6 Å². The number of ether oxygens (including phenoxy) is 2. The Balaban J connectivity index is 1.13. The average Bonchev–Trinajstić information content (AvgIpc) is 3.89. The predicted molar refractivity (Wildman–Crippen MR) is 224 cm³/mol. The number of hydrogen-bond donors (Lipinski definition) is 4. The van der Waals surface area contributed by atoms with E-state index in [0.717, 1.165) is 56.5 Å². The smallest absolute Gasteiger partial charge is 0.410 e. The van der Waals surface area contributed by atoms with E-state index in [1.165, 1.54) is 35.3 Å². The third-order valence-electron chi connectivity index (χ3n) is 11.7. The predicted octanol–water partition coefficient (Wildman–Crippen LogP) is 4.19. The van der Waals surface area contributed by atoms with E-state index in [1.54, 1.807) is 29.2 Å². The average molecular weight is 838 g/mol. The summed E-state index contributed by atoms with van der Waals surface area (Å²) in [4.78, 5) is 48.8. The van der Waals surface area contributed by atoms with Crippen LogP contribution in [0, 0.1) is 5.41 Å². The molecule has 1 aromatic heterocycles. The summed E-state index contributed by atoms with van der Waals surface area (Å²) in [7, 11) is -1.84. The molecule has 6 rings (SSSR count). The Bertz CT molecular complexity index is 1910. The van der Waals surface area contributed by atoms with Crippen LogP contribution >= 0.6 is 11.3 Å². The number of thiophene rings is 1. The Kier molecular flexibility index (Phi) is 15.3. The second-order valence-electron chi connectivity index (χ2n) is 16.0. The fourth-order valence-electron chi connectivity index (χ4n) is 8.50. The summed E-state index contributed by atoms with van der Waals surface area (Å²) in [5.74, 6) is -0.265. The number of piperazine rings is 1. The van der Waals surface area contributed by atoms with E-state index >= 15 is 0 Å². The lowest BCUT2D eigenvalue weighted by Crippen LogP contribution is -2.64. The molecule has 3 aromatic rings. The number of amides is 3. The van der Waals surface area contributed by atoms with E-state index in [9.17, 15) is 22.8 Å². The summed E-state index contributed by atoms with van der Waals surface area (Å²) >= 11 is 1.52. The van der Waals surface area contributed by atoms with Crippen LogP contribution in [0.15, 0.2) is 72.1 Å². The lowest BCUT2D eigenvalue weighted by Gasteiger charge is -2.43. The van der Waals surface area contributed by atoms with Gasteiger partial charge in [-0.05, 0) is 91.6 Å². The quantitative estimate of drug-likeness (QED) is 0.114. The Morgan fingerprint density at radius 1 is 0.983 bits per heavy atom. The highest BCUT2D eigenvalue weighted by molar-refractivity contribution is 7.88. The van der Waals surface area contributed by atoms with Gasteiger partial charge in [0.05, 0.1) is 25.4 Å². The van der Waals surface area contributed by atoms with Crippen molar-refractivity contribution < 1.29 is 32.3 Å². The molecular weight excluding hydrogens is 779 g/mol. The van der Waals surface area contributed by atoms with Gasteiger partial charge in [0.2, 0.25) is 21.8 Å². The topological polar surface area (TPSA) is 176 Å². The molecule has 16 heteroatoms. The van der Waals surface area contributed by atoms with Crippen molar-refractivity contribution in [2.75, 3.05) is 52.6 Å². The highest BCUT2D eigenvalue weighted by Gasteiger charge is 2.43. The summed E-state index contributed by atoms with van der Waals surface area (Å²) in [6.45, 7) is 3.96. The van der Waals surface area contributed by atoms with Gasteiger partial charge >= 0.3 is 6.09 Å². The molecule has 3 fully saturated rings. The zero-order chi connectivity index (χ0) is 41.1. The number of benzene rings is 2. The number of nitrogens with one attached hydrogen (secondary N) is 3. The first-order valence-corrected chi connectivity index (χ1v) is 23.1. The fraction of sp³-hybridized carbons (Fsp3) is 0.548. The van der Waals surface area contributed by atoms with Gasteiger partial charge in [-0.1, -0.05) is 55.0 Å². The molecule has 2 saturated heterocycles. The van der Waals surface area contributed by atoms with Crippen LogP contribution in [0.5, 0.6) is 5.75 Å². The SMILES string of the molecule is COC(N)c1cccc(OC(=O)N2CCN(C(=O)[C@@H](CCCCNS(C)(=O)=O)NC3CCC4(CC3)CCN(Cc3ccccc3)C4)[C@H](C(=O)NCc3cccs3)C2)c1. The third-order valence-corrected chi connectivity index (χ3v) is 13.3. The Hall–Kier alpha value is -3.90. The van der Waals surface area contributed by atoms with E-state index in [2.05, 4.69) is 44.5 Å². The molecular formula is C42H59N7O7S2. The first-order valence-electron chi connectivity index (χ1n) is 20.3. The first-order chi connectivity index (χ1) is 27.9. The molecule has 1 aliphatic carbocycles. The summed E-state index contributed by atoms with van der Waals surface area (Å²) in [5, 5.41) is 8.65. The van der Waals surface area contributed by atoms with Crippen LogP contribution in [0.25, 0.3) is 0 Å². The van der Waals surface area contributed by atoms with Crippen LogP contribution in [0.4, 0.5) is 4.79 Å². The molecule has 316 valence electrons. The lowest BCUT2D eigenvalue weighted by molar-refractivity contribution is -0.145. The number of hydrogen-bond acceptors (Lipinski definition) is 11. The van der Waals surface area contributed by atoms with Crippen molar-refractivity contribution in [3.63, 3.8) is 0 Å². The number of likely N-dealkylation sites (tertiary alicyclic amines) is 1. The monoisotopic (exact) mass is 837 g/mol. The molecule has 3 amide bonds. The standard InChI is InChI=1S/C42H59N7O7S2/c1-55-38(43)32-12-8-13-34(26-32)56-41(52)48-23-24-49(37(29-48)39(50)44-27-35-14-9-25-57-35)40(51)36(15-6-7-21-45-58(2,53)54)46-33-16-18-42(19-17-33)20-22-47(30-42)28-31-10-4-3-5-11-31/h3-5,8-14,25-26,33,36-38,45-46H,6-7,15-24,27-30,43H2,1-2H3,(H,44,50)/t33?,36-,37+,38?,42?/m1/s1. The number of unbranched alkanes of at least 4 members (excludes halogenated alkanes) is 1. The van der Waals surface area contributed by atoms with Crippen LogP contribution in [0.1, 0.15) is 73.6 Å². The maximum Gasteiger partial charge on any atom is 0.415 e. The minimum Gasteiger partial charge on any atom is -0.410 e. The van der Waals surface area contributed by atoms with E-state index in [4.69, 9.17) is 15.2 Å². The number of sulfonamides is 1. The van der Waals surface area contributed by atoms with Gasteiger partial charge < -0.3 is 35.6 Å². The molecule has 58 heavy (non-hydrogen) atoms. The lowest BCUT2D eigenvalue weighted by atomic mass is 9.72. The zero-order valence-corrected chi connectivity index (χ0v) is 35.3. The molecule has 0 bridgehead atoms. The molecule has 3 aliphatic rings. The normalized spacial score (nSPS) is 22.5. The summed E-state index contributed by atoms with van der Waals surface area (Å²) < 4.78 is 36.9. The Morgan fingerprint density at radius 3 is 2.50 bits per heavy atom. The zero-order valence-electron chi connectivity index (χ0n) is 33.6. The number of carbonyl (C=O) groups is 3. The number of nitrogens with zero attached hydrogens (tertiary/aromatic N) is 3. The van der Waals surface area contributed by atoms with Crippen molar-refractivity contribution in [3.05, 3.63) is 88.1 Å². The van der Waals surface area contributed by atoms with Gasteiger partial charge in [-0.15, -0.1) is 11.3 Å². The van der Waals surface area contributed by atoms with Gasteiger partial charge in [0.25, 0.3) is 0 Å². The second kappa shape index (κ2) is 20.4. The largest absolute Gasteiger partial charge is 0.415 e. The van der Waals surface area contributed by atoms with Crippen LogP contribution in [0.2, 0.25) is 0 Å². The van der Waals surface area contributed by atoms with E-state index in [0.29, 0.717) is 31.4 Å². The molecule has 3 heterocycles. The van der Waals surface area contributed by atoms with E-state index < -0.39 is 34.4 Å². The number of carbonyl (C=O) groups excluding carboxylic acids is 3. The van der Waals surface area contributed by atoms with Crippen LogP contribution < -0.4 is 25.8 Å². The Labute approximate surface area is 346 Å². The first kappa shape index (κ1) is 43.7. The van der Waals surface area contributed by atoms with Crippen molar-refractivity contribution in [2.45, 2.75) is 88.8 Å². The maximum atomic E-state index is 14.7. The molecule has 3 atom stereocenters. The van der Waals surface area contributed by atoms with Gasteiger partial charge in [0.15, 0.2) is 0 Å². The number of rotatable bonds is 17. The van der Waals surface area contributed by atoms with Gasteiger partial charge in [-0.25, -0.2) is 17.9 Å². The minimum atomic E-state index is -3.33. The molecule has 14 nitrogen and oxygen atoms in total. The Morgan fingerprint density at radius 2 is 1.78 bits per heavy atom. The minimum absolute atomic E-state index is 0.0471. The van der Waals surface area contributed by atoms with Crippen LogP contribution in [0.3, 0.4) is 0 Å². The van der Waals surface area contributed by atoms with Crippen molar-refractivity contribution >= 4 is 39.3 Å². The van der Waals surface area contributed by atoms with Gasteiger partial charge in [-0.2, -0.15) is 0 Å². The molecule has 2 aromatic carbocycles. The molecule has 2 aliphatic heterocycles. The third kappa shape index (κ3) is 12.3. The van der Waals surface area contributed by atoms with Crippen molar-refractivity contribution in [2.24, 2.45) is 11.1 Å².